The molecular weight excluding hydrogens is 148 g/mol. The van der Waals surface area contributed by atoms with E-state index >= 15 is 0 Å². The van der Waals surface area contributed by atoms with Gasteiger partial charge in [0, 0.05) is 7.11 Å². The van der Waals surface area contributed by atoms with E-state index in [9.17, 15) is 4.79 Å². The fourth-order valence-corrected chi connectivity index (χ4v) is 0.572. The second-order valence-electron chi connectivity index (χ2n) is 1.84. The summed E-state index contributed by atoms with van der Waals surface area (Å²) in [6.07, 6.45) is 1.41. The van der Waals surface area contributed by atoms with Crippen LogP contribution in [0.25, 0.3) is 0 Å². The molecule has 1 aromatic heterocycles. The van der Waals surface area contributed by atoms with Gasteiger partial charge in [-0.2, -0.15) is 10.3 Å². The zero-order chi connectivity index (χ0) is 8.10. The standard InChI is InChI=1S/C5H8N4O2/c1-11-3-5(10)7-4-2-6-9-8-4/h2H,3H2,1H3,(H2,6,7,8,9,10). The van der Waals surface area contributed by atoms with Gasteiger partial charge in [0.1, 0.15) is 6.61 Å². The van der Waals surface area contributed by atoms with Crippen molar-refractivity contribution in [2.45, 2.75) is 0 Å². The molecule has 0 unspecified atom stereocenters. The normalized spacial score (nSPS) is 9.55. The molecule has 0 aliphatic carbocycles. The topological polar surface area (TPSA) is 79.9 Å². The van der Waals surface area contributed by atoms with E-state index in [-0.39, 0.29) is 12.5 Å². The van der Waals surface area contributed by atoms with Crippen LogP contribution in [0.1, 0.15) is 0 Å². The number of hydrogen-bond donors (Lipinski definition) is 2. The molecule has 2 N–H and O–H groups in total. The fraction of sp³-hybridized carbons (Fsp3) is 0.400. The summed E-state index contributed by atoms with van der Waals surface area (Å²) >= 11 is 0. The van der Waals surface area contributed by atoms with E-state index in [0.29, 0.717) is 5.82 Å². The summed E-state index contributed by atoms with van der Waals surface area (Å²) in [4.78, 5) is 10.8. The van der Waals surface area contributed by atoms with Crippen LogP contribution in [0.4, 0.5) is 5.82 Å². The molecule has 11 heavy (non-hydrogen) atoms. The molecule has 0 spiro atoms. The van der Waals surface area contributed by atoms with E-state index in [2.05, 4.69) is 25.5 Å². The number of anilines is 1. The van der Waals surface area contributed by atoms with Crippen LogP contribution in [0.5, 0.6) is 0 Å². The van der Waals surface area contributed by atoms with Crippen molar-refractivity contribution in [2.24, 2.45) is 0 Å². The van der Waals surface area contributed by atoms with Crippen molar-refractivity contribution in [1.29, 1.82) is 0 Å². The molecule has 0 atom stereocenters. The number of carbonyl (C=O) groups excluding carboxylic acids is 1. The quantitative estimate of drug-likeness (QED) is 0.611. The first kappa shape index (κ1) is 7.67. The van der Waals surface area contributed by atoms with E-state index < -0.39 is 0 Å². The molecule has 1 rings (SSSR count). The molecular formula is C5H8N4O2. The van der Waals surface area contributed by atoms with Crippen molar-refractivity contribution in [2.75, 3.05) is 19.0 Å². The second kappa shape index (κ2) is 3.67. The van der Waals surface area contributed by atoms with Gasteiger partial charge in [-0.25, -0.2) is 0 Å². The molecule has 1 amide bonds. The van der Waals surface area contributed by atoms with Gasteiger partial charge in [-0.15, -0.1) is 5.10 Å². The van der Waals surface area contributed by atoms with Gasteiger partial charge in [-0.1, -0.05) is 0 Å². The van der Waals surface area contributed by atoms with Crippen molar-refractivity contribution in [3.05, 3.63) is 6.20 Å². The lowest BCUT2D eigenvalue weighted by Gasteiger charge is -1.97. The number of rotatable bonds is 3. The van der Waals surface area contributed by atoms with Gasteiger partial charge in [-0.3, -0.25) is 4.79 Å². The van der Waals surface area contributed by atoms with Crippen LogP contribution in [-0.2, 0) is 9.53 Å². The van der Waals surface area contributed by atoms with Crippen LogP contribution in [0.3, 0.4) is 0 Å². The summed E-state index contributed by atoms with van der Waals surface area (Å²) in [6, 6.07) is 0. The summed E-state index contributed by atoms with van der Waals surface area (Å²) < 4.78 is 4.58. The van der Waals surface area contributed by atoms with Crippen LogP contribution >= 0.6 is 0 Å². The van der Waals surface area contributed by atoms with Gasteiger partial charge in [0.15, 0.2) is 5.82 Å². The molecule has 0 aliphatic rings. The summed E-state index contributed by atoms with van der Waals surface area (Å²) in [5.41, 5.74) is 0. The molecule has 0 fully saturated rings. The summed E-state index contributed by atoms with van der Waals surface area (Å²) in [5, 5.41) is 11.9. The Morgan fingerprint density at radius 2 is 2.73 bits per heavy atom. The van der Waals surface area contributed by atoms with E-state index in [1.165, 1.54) is 13.3 Å². The lowest BCUT2D eigenvalue weighted by Crippen LogP contribution is -2.17. The van der Waals surface area contributed by atoms with Crippen LogP contribution in [-0.4, -0.2) is 35.0 Å². The number of carbonyl (C=O) groups is 1. The van der Waals surface area contributed by atoms with Crippen molar-refractivity contribution < 1.29 is 9.53 Å². The highest BCUT2D eigenvalue weighted by Gasteiger charge is 2.01. The third kappa shape index (κ3) is 2.34. The Balaban J connectivity index is 2.37. The average molecular weight is 156 g/mol. The van der Waals surface area contributed by atoms with Crippen molar-refractivity contribution in [3.8, 4) is 0 Å². The molecule has 0 saturated carbocycles. The first-order valence-electron chi connectivity index (χ1n) is 2.97. The molecule has 1 heterocycles. The van der Waals surface area contributed by atoms with Gasteiger partial charge in [0.05, 0.1) is 6.20 Å². The minimum Gasteiger partial charge on any atom is -0.375 e. The maximum atomic E-state index is 10.8. The first-order chi connectivity index (χ1) is 5.33. The molecule has 60 valence electrons. The zero-order valence-electron chi connectivity index (χ0n) is 6.00. The van der Waals surface area contributed by atoms with Crippen LogP contribution in [0.15, 0.2) is 6.20 Å². The molecule has 6 nitrogen and oxygen atoms in total. The summed E-state index contributed by atoms with van der Waals surface area (Å²) in [6.45, 7) is 0.0207. The second-order valence-corrected chi connectivity index (χ2v) is 1.84. The Labute approximate surface area is 62.9 Å². The first-order valence-corrected chi connectivity index (χ1v) is 2.97. The lowest BCUT2D eigenvalue weighted by molar-refractivity contribution is -0.119. The maximum Gasteiger partial charge on any atom is 0.251 e. The van der Waals surface area contributed by atoms with Crippen LogP contribution in [0.2, 0.25) is 0 Å². The zero-order valence-corrected chi connectivity index (χ0v) is 6.00. The highest BCUT2D eigenvalue weighted by Crippen LogP contribution is 1.94. The van der Waals surface area contributed by atoms with E-state index in [1.807, 2.05) is 0 Å². The van der Waals surface area contributed by atoms with Gasteiger partial charge >= 0.3 is 0 Å². The smallest absolute Gasteiger partial charge is 0.251 e. The van der Waals surface area contributed by atoms with E-state index in [1.54, 1.807) is 0 Å². The SMILES string of the molecule is COCC(=O)Nc1cn[nH]n1. The summed E-state index contributed by atoms with van der Waals surface area (Å²) in [5.74, 6) is 0.147. The molecule has 0 radical (unpaired) electrons. The number of aromatic nitrogens is 3. The number of aromatic amines is 1. The number of H-pyrrole nitrogens is 1. The average Bonchev–Trinajstić information content (AvgIpc) is 2.40. The van der Waals surface area contributed by atoms with Crippen molar-refractivity contribution >= 4 is 11.7 Å². The van der Waals surface area contributed by atoms with Gasteiger partial charge in [-0.05, 0) is 0 Å². The molecule has 6 heteroatoms. The Kier molecular flexibility index (Phi) is 2.56. The fourth-order valence-electron chi connectivity index (χ4n) is 0.572. The van der Waals surface area contributed by atoms with Crippen LogP contribution in [0, 0.1) is 0 Å². The van der Waals surface area contributed by atoms with E-state index in [4.69, 9.17) is 0 Å². The Morgan fingerprint density at radius 3 is 3.27 bits per heavy atom. The minimum absolute atomic E-state index is 0.0207. The molecule has 1 aromatic rings. The number of nitrogens with zero attached hydrogens (tertiary/aromatic N) is 2. The Morgan fingerprint density at radius 1 is 1.91 bits per heavy atom. The third-order valence-electron chi connectivity index (χ3n) is 0.958. The van der Waals surface area contributed by atoms with Gasteiger partial charge in [0.25, 0.3) is 5.91 Å². The third-order valence-corrected chi connectivity index (χ3v) is 0.958. The lowest BCUT2D eigenvalue weighted by atomic mass is 10.6. The Hall–Kier alpha value is -1.43. The Bertz CT molecular complexity index is 220. The van der Waals surface area contributed by atoms with E-state index in [0.717, 1.165) is 0 Å². The highest BCUT2D eigenvalue weighted by atomic mass is 16.5. The van der Waals surface area contributed by atoms with Gasteiger partial charge in [0.2, 0.25) is 0 Å². The number of nitrogens with one attached hydrogen (secondary N) is 2. The molecule has 0 aliphatic heterocycles. The predicted octanol–water partition coefficient (Wildman–Crippen LogP) is -0.610. The number of methoxy groups -OCH3 is 1. The number of hydrogen-bond acceptors (Lipinski definition) is 4. The number of ether oxygens (including phenoxy) is 1. The van der Waals surface area contributed by atoms with Crippen molar-refractivity contribution in [1.82, 2.24) is 15.4 Å². The van der Waals surface area contributed by atoms with Crippen molar-refractivity contribution in [3.63, 3.8) is 0 Å². The van der Waals surface area contributed by atoms with Gasteiger partial charge < -0.3 is 10.1 Å². The number of amides is 1. The molecule has 0 bridgehead atoms. The predicted molar refractivity (Wildman–Crippen MR) is 36.9 cm³/mol. The minimum atomic E-state index is -0.249. The maximum absolute atomic E-state index is 10.8. The molecule has 0 aromatic carbocycles. The largest absolute Gasteiger partial charge is 0.375 e. The van der Waals surface area contributed by atoms with Crippen LogP contribution < -0.4 is 5.32 Å². The molecule has 0 saturated heterocycles. The monoisotopic (exact) mass is 156 g/mol. The summed E-state index contributed by atoms with van der Waals surface area (Å²) in [7, 11) is 1.45. The highest BCUT2D eigenvalue weighted by molar-refractivity contribution is 5.90.